The Labute approximate surface area is 298 Å². The number of nitrogens with zero attached hydrogens (tertiary/aromatic N) is 2. The minimum Gasteiger partial charge on any atom is -0.487 e. The lowest BCUT2D eigenvalue weighted by Gasteiger charge is -2.41. The Kier molecular flexibility index (Phi) is 21.9. The first-order chi connectivity index (χ1) is 22.2. The Bertz CT molecular complexity index is 1130. The summed E-state index contributed by atoms with van der Waals surface area (Å²) in [5.74, 6) is 7.70. The number of aromatic nitrogens is 1. The Hall–Kier alpha value is -2.12. The smallest absolute Gasteiger partial charge is 0.155 e. The Morgan fingerprint density at radius 3 is 1.96 bits per heavy atom. The Morgan fingerprint density at radius 1 is 0.917 bits per heavy atom. The van der Waals surface area contributed by atoms with E-state index in [2.05, 4.69) is 106 Å². The van der Waals surface area contributed by atoms with Gasteiger partial charge in [0.1, 0.15) is 17.9 Å². The first-order valence-electron chi connectivity index (χ1n) is 18.7. The molecule has 6 heteroatoms. The van der Waals surface area contributed by atoms with E-state index in [1.54, 1.807) is 19.4 Å². The van der Waals surface area contributed by atoms with Crippen molar-refractivity contribution in [1.82, 2.24) is 4.98 Å². The fourth-order valence-electron chi connectivity index (χ4n) is 5.32. The molecule has 0 saturated heterocycles. The van der Waals surface area contributed by atoms with E-state index in [0.29, 0.717) is 29.5 Å². The molecule has 1 heterocycles. The summed E-state index contributed by atoms with van der Waals surface area (Å²) in [5.41, 5.74) is -0.0577. The van der Waals surface area contributed by atoms with Crippen LogP contribution < -0.4 is 4.74 Å². The van der Waals surface area contributed by atoms with Crippen molar-refractivity contribution in [3.63, 3.8) is 0 Å². The third-order valence-corrected chi connectivity index (χ3v) is 8.98. The zero-order valence-corrected chi connectivity index (χ0v) is 34.9. The normalized spacial score (nSPS) is 17.9. The van der Waals surface area contributed by atoms with Crippen molar-refractivity contribution in [3.05, 3.63) is 23.5 Å². The maximum absolute atomic E-state index is 9.70. The van der Waals surface area contributed by atoms with Crippen molar-refractivity contribution in [2.45, 2.75) is 192 Å². The molecule has 1 aromatic heterocycles. The molecule has 1 saturated carbocycles. The highest BCUT2D eigenvalue weighted by molar-refractivity contribution is 5.46. The maximum atomic E-state index is 9.70. The summed E-state index contributed by atoms with van der Waals surface area (Å²) in [7, 11) is 1.71. The molecule has 1 fully saturated rings. The Balaban J connectivity index is 0. The molecular weight excluding hydrogens is 596 g/mol. The van der Waals surface area contributed by atoms with E-state index in [4.69, 9.17) is 18.9 Å². The average Bonchev–Trinajstić information content (AvgIpc) is 3.01. The number of hydrogen-bond acceptors (Lipinski definition) is 6. The van der Waals surface area contributed by atoms with Crippen LogP contribution in [0, 0.1) is 39.9 Å². The van der Waals surface area contributed by atoms with Gasteiger partial charge in [0.25, 0.3) is 0 Å². The van der Waals surface area contributed by atoms with E-state index in [0.717, 1.165) is 38.5 Å². The molecule has 1 aliphatic rings. The second-order valence-electron chi connectivity index (χ2n) is 15.4. The predicted octanol–water partition coefficient (Wildman–Crippen LogP) is 11.6. The molecule has 0 aliphatic heterocycles. The standard InChI is InChI=1S/C36H58N2O4.3C2H6/c1-14-36(12,18-15-26(2)22-35(10,11)42-32(3,4)5)40-25-34(8,9)33(6,7)17-16-28-19-27(23-37)31(24-38-28)41-30-20-29(21-30)39-13;3*1-2/h19,24,26,29-30H,14-15,18,20-22,25H2,1-13H3;3*1-2H3. The maximum Gasteiger partial charge on any atom is 0.155 e. The minimum absolute atomic E-state index is 0.0619. The van der Waals surface area contributed by atoms with Gasteiger partial charge in [-0.1, -0.05) is 75.2 Å². The predicted molar refractivity (Wildman–Crippen MR) is 204 cm³/mol. The van der Waals surface area contributed by atoms with E-state index in [1.807, 2.05) is 41.5 Å². The molecular formula is C42H76N2O4. The zero-order chi connectivity index (χ0) is 38.0. The van der Waals surface area contributed by atoms with E-state index in [-0.39, 0.29) is 39.8 Å². The van der Waals surface area contributed by atoms with E-state index < -0.39 is 0 Å². The minimum atomic E-state index is -0.353. The molecule has 1 aliphatic carbocycles. The second kappa shape index (κ2) is 21.9. The lowest BCUT2D eigenvalue weighted by Crippen LogP contribution is -2.40. The fraction of sp³-hybridized carbons (Fsp3) is 0.810. The third kappa shape index (κ3) is 17.0. The number of rotatable bonds is 14. The van der Waals surface area contributed by atoms with Gasteiger partial charge < -0.3 is 18.9 Å². The highest BCUT2D eigenvalue weighted by Gasteiger charge is 2.38. The molecule has 0 bridgehead atoms. The summed E-state index contributed by atoms with van der Waals surface area (Å²) in [5, 5.41) is 9.70. The lowest BCUT2D eigenvalue weighted by atomic mass is 9.68. The van der Waals surface area contributed by atoms with Crippen molar-refractivity contribution in [2.24, 2.45) is 16.7 Å². The van der Waals surface area contributed by atoms with Crippen molar-refractivity contribution >= 4 is 0 Å². The molecule has 2 atom stereocenters. The monoisotopic (exact) mass is 673 g/mol. The number of hydrogen-bond donors (Lipinski definition) is 0. The molecule has 1 aromatic rings. The van der Waals surface area contributed by atoms with Crippen LogP contribution in [0.2, 0.25) is 0 Å². The van der Waals surface area contributed by atoms with Crippen molar-refractivity contribution in [3.8, 4) is 23.7 Å². The van der Waals surface area contributed by atoms with Gasteiger partial charge >= 0.3 is 0 Å². The van der Waals surface area contributed by atoms with Crippen LogP contribution in [0.25, 0.3) is 0 Å². The van der Waals surface area contributed by atoms with Crippen LogP contribution in [0.5, 0.6) is 5.75 Å². The van der Waals surface area contributed by atoms with Gasteiger partial charge in [0.2, 0.25) is 0 Å². The highest BCUT2D eigenvalue weighted by Crippen LogP contribution is 2.40. The van der Waals surface area contributed by atoms with Gasteiger partial charge in [0, 0.05) is 30.8 Å². The molecule has 0 aromatic carbocycles. The Morgan fingerprint density at radius 2 is 1.48 bits per heavy atom. The molecule has 0 N–H and O–H groups in total. The van der Waals surface area contributed by atoms with Crippen LogP contribution in [0.15, 0.2) is 12.3 Å². The highest BCUT2D eigenvalue weighted by atomic mass is 16.5. The summed E-state index contributed by atoms with van der Waals surface area (Å²) in [6.07, 6.45) is 7.63. The third-order valence-electron chi connectivity index (χ3n) is 8.98. The van der Waals surface area contributed by atoms with Gasteiger partial charge in [0.05, 0.1) is 41.3 Å². The van der Waals surface area contributed by atoms with Gasteiger partial charge in [-0.2, -0.15) is 5.26 Å². The van der Waals surface area contributed by atoms with E-state index in [9.17, 15) is 5.26 Å². The van der Waals surface area contributed by atoms with E-state index >= 15 is 0 Å². The summed E-state index contributed by atoms with van der Waals surface area (Å²) in [6.45, 7) is 38.8. The lowest BCUT2D eigenvalue weighted by molar-refractivity contribution is -0.124. The van der Waals surface area contributed by atoms with Gasteiger partial charge in [-0.3, -0.25) is 0 Å². The second-order valence-corrected chi connectivity index (χ2v) is 15.4. The van der Waals surface area contributed by atoms with Crippen LogP contribution in [0.3, 0.4) is 0 Å². The van der Waals surface area contributed by atoms with Crippen molar-refractivity contribution in [2.75, 3.05) is 13.7 Å². The molecule has 0 amide bonds. The van der Waals surface area contributed by atoms with Crippen LogP contribution >= 0.6 is 0 Å². The average molecular weight is 673 g/mol. The molecule has 278 valence electrons. The van der Waals surface area contributed by atoms with Gasteiger partial charge in [0.15, 0.2) is 5.75 Å². The molecule has 2 unspecified atom stereocenters. The molecule has 48 heavy (non-hydrogen) atoms. The SMILES string of the molecule is CC.CC.CC.CCC(C)(CCC(C)CC(C)(C)OC(C)(C)C)OCC(C)(C)C(C)(C)C#Cc1cc(C#N)c(OC2CC(OC)C2)cn1. The molecule has 2 rings (SSSR count). The number of ether oxygens (including phenoxy) is 4. The number of pyridine rings is 1. The number of methoxy groups -OCH3 is 1. The largest absolute Gasteiger partial charge is 0.487 e. The topological polar surface area (TPSA) is 73.6 Å². The molecule has 0 spiro atoms. The zero-order valence-electron chi connectivity index (χ0n) is 34.9. The van der Waals surface area contributed by atoms with Gasteiger partial charge in [-0.15, -0.1) is 0 Å². The van der Waals surface area contributed by atoms with E-state index in [1.165, 1.54) is 0 Å². The van der Waals surface area contributed by atoms with Crippen LogP contribution in [0.4, 0.5) is 0 Å². The first-order valence-corrected chi connectivity index (χ1v) is 18.7. The summed E-state index contributed by atoms with van der Waals surface area (Å²) < 4.78 is 24.3. The number of nitriles is 1. The first kappa shape index (κ1) is 48.0. The van der Waals surface area contributed by atoms with Crippen LogP contribution in [-0.4, -0.2) is 47.7 Å². The van der Waals surface area contributed by atoms with Gasteiger partial charge in [-0.05, 0) is 99.0 Å². The van der Waals surface area contributed by atoms with Crippen LogP contribution in [-0.2, 0) is 14.2 Å². The van der Waals surface area contributed by atoms with Crippen LogP contribution in [0.1, 0.15) is 174 Å². The fourth-order valence-corrected chi connectivity index (χ4v) is 5.32. The van der Waals surface area contributed by atoms with Crippen molar-refractivity contribution < 1.29 is 18.9 Å². The quantitative estimate of drug-likeness (QED) is 0.183. The van der Waals surface area contributed by atoms with Gasteiger partial charge in [-0.25, -0.2) is 4.98 Å². The van der Waals surface area contributed by atoms with Crippen molar-refractivity contribution in [1.29, 1.82) is 5.26 Å². The molecule has 0 radical (unpaired) electrons. The summed E-state index contributed by atoms with van der Waals surface area (Å²) in [6, 6.07) is 3.96. The summed E-state index contributed by atoms with van der Waals surface area (Å²) in [4.78, 5) is 4.49. The molecule has 6 nitrogen and oxygen atoms in total. The summed E-state index contributed by atoms with van der Waals surface area (Å²) >= 11 is 0.